The van der Waals surface area contributed by atoms with Crippen LogP contribution in [0.5, 0.6) is 0 Å². The van der Waals surface area contributed by atoms with Gasteiger partial charge >= 0.3 is 12.1 Å². The number of fused-ring (bicyclic) bond motifs is 1. The van der Waals surface area contributed by atoms with E-state index in [4.69, 9.17) is 0 Å². The Bertz CT molecular complexity index is 1130. The highest BCUT2D eigenvalue weighted by Crippen LogP contribution is 2.33. The van der Waals surface area contributed by atoms with Gasteiger partial charge in [0.2, 0.25) is 10.1 Å². The second-order valence-corrected chi connectivity index (χ2v) is 7.77. The van der Waals surface area contributed by atoms with Crippen LogP contribution in [-0.4, -0.2) is 45.8 Å². The van der Waals surface area contributed by atoms with Gasteiger partial charge in [-0.25, -0.2) is 9.37 Å². The van der Waals surface area contributed by atoms with E-state index >= 15 is 0 Å². The molecule has 1 fully saturated rings. The number of hydrogen-bond donors (Lipinski definition) is 1. The number of hydrogen-bond acceptors (Lipinski definition) is 6. The highest BCUT2D eigenvalue weighted by molar-refractivity contribution is 7.20. The summed E-state index contributed by atoms with van der Waals surface area (Å²) in [5, 5.41) is 6.68. The molecule has 1 saturated heterocycles. The lowest BCUT2D eigenvalue weighted by atomic mass is 9.85. The van der Waals surface area contributed by atoms with Gasteiger partial charge in [-0.3, -0.25) is 9.59 Å². The third-order valence-corrected chi connectivity index (χ3v) is 5.90. The van der Waals surface area contributed by atoms with Crippen molar-refractivity contribution in [1.29, 1.82) is 0 Å². The quantitative estimate of drug-likeness (QED) is 0.632. The zero-order valence-electron chi connectivity index (χ0n) is 15.3. The van der Waals surface area contributed by atoms with Gasteiger partial charge in [0.1, 0.15) is 5.82 Å². The summed E-state index contributed by atoms with van der Waals surface area (Å²) in [5.74, 6) is -2.94. The minimum atomic E-state index is -5.03. The molecule has 3 heterocycles. The molecule has 1 aliphatic heterocycles. The minimum absolute atomic E-state index is 0.0401. The van der Waals surface area contributed by atoms with Crippen molar-refractivity contribution >= 4 is 27.3 Å². The number of carbonyl (C=O) groups excluding carboxylic acids is 1. The first-order chi connectivity index (χ1) is 14.2. The van der Waals surface area contributed by atoms with Crippen LogP contribution in [0.15, 0.2) is 41.3 Å². The molecule has 0 radical (unpaired) electrons. The van der Waals surface area contributed by atoms with Crippen molar-refractivity contribution in [3.05, 3.63) is 58.3 Å². The van der Waals surface area contributed by atoms with Crippen LogP contribution >= 0.6 is 11.3 Å². The Hall–Kier alpha value is -3.02. The van der Waals surface area contributed by atoms with Crippen LogP contribution in [0, 0.1) is 5.82 Å². The molecule has 1 aliphatic rings. The SMILES string of the molecule is O=C(NC1CN(c2nn3c(=O)ccnc3s2)CCC1c1ccc(F)cc1)C(F)(F)F. The monoisotopic (exact) mass is 441 g/mol. The Morgan fingerprint density at radius 2 is 1.93 bits per heavy atom. The molecule has 158 valence electrons. The highest BCUT2D eigenvalue weighted by atomic mass is 32.1. The number of aromatic nitrogens is 3. The predicted octanol–water partition coefficient (Wildman–Crippen LogP) is 2.33. The van der Waals surface area contributed by atoms with E-state index in [1.54, 1.807) is 4.90 Å². The lowest BCUT2D eigenvalue weighted by molar-refractivity contribution is -0.174. The number of piperidine rings is 1. The average molecular weight is 441 g/mol. The highest BCUT2D eigenvalue weighted by Gasteiger charge is 2.42. The van der Waals surface area contributed by atoms with Gasteiger partial charge in [0.25, 0.3) is 5.56 Å². The van der Waals surface area contributed by atoms with Crippen LogP contribution in [-0.2, 0) is 4.79 Å². The first-order valence-electron chi connectivity index (χ1n) is 8.95. The van der Waals surface area contributed by atoms with E-state index < -0.39 is 29.9 Å². The summed E-state index contributed by atoms with van der Waals surface area (Å²) in [5.41, 5.74) is 0.260. The van der Waals surface area contributed by atoms with Crippen molar-refractivity contribution in [2.24, 2.45) is 0 Å². The molecule has 2 unspecified atom stereocenters. The second-order valence-electron chi connectivity index (χ2n) is 6.83. The third kappa shape index (κ3) is 3.99. The van der Waals surface area contributed by atoms with Crippen molar-refractivity contribution in [2.75, 3.05) is 18.0 Å². The Balaban J connectivity index is 1.63. The topological polar surface area (TPSA) is 79.6 Å². The van der Waals surface area contributed by atoms with Crippen LogP contribution in [0.4, 0.5) is 22.7 Å². The summed E-state index contributed by atoms with van der Waals surface area (Å²) >= 11 is 1.13. The summed E-state index contributed by atoms with van der Waals surface area (Å²) < 4.78 is 53.0. The summed E-state index contributed by atoms with van der Waals surface area (Å²) in [6.07, 6.45) is -3.28. The fourth-order valence-electron chi connectivity index (χ4n) is 3.49. The van der Waals surface area contributed by atoms with Crippen molar-refractivity contribution in [3.63, 3.8) is 0 Å². The number of nitrogens with one attached hydrogen (secondary N) is 1. The van der Waals surface area contributed by atoms with E-state index in [1.165, 1.54) is 36.5 Å². The number of carbonyl (C=O) groups is 1. The van der Waals surface area contributed by atoms with Crippen LogP contribution in [0.1, 0.15) is 17.9 Å². The molecule has 12 heteroatoms. The van der Waals surface area contributed by atoms with Gasteiger partial charge in [-0.2, -0.15) is 17.7 Å². The molecule has 0 aliphatic carbocycles. The number of amides is 1. The Morgan fingerprint density at radius 3 is 2.60 bits per heavy atom. The summed E-state index contributed by atoms with van der Waals surface area (Å²) in [6.45, 7) is 0.466. The summed E-state index contributed by atoms with van der Waals surface area (Å²) in [4.78, 5) is 29.6. The maximum Gasteiger partial charge on any atom is 0.471 e. The van der Waals surface area contributed by atoms with E-state index in [-0.39, 0.29) is 12.1 Å². The fourth-order valence-corrected chi connectivity index (χ4v) is 4.40. The van der Waals surface area contributed by atoms with E-state index in [9.17, 15) is 27.2 Å². The van der Waals surface area contributed by atoms with Gasteiger partial charge in [-0.15, -0.1) is 5.10 Å². The number of anilines is 1. The van der Waals surface area contributed by atoms with Crippen molar-refractivity contribution in [1.82, 2.24) is 19.9 Å². The van der Waals surface area contributed by atoms with E-state index in [0.29, 0.717) is 28.6 Å². The standard InChI is InChI=1S/C18H15F4N5O2S/c19-11-3-1-10(2-4-11)12-6-8-26(9-13(12)24-15(29)18(20,21)22)17-25-27-14(28)5-7-23-16(27)30-17/h1-5,7,12-13H,6,8-9H2,(H,24,29). The molecule has 30 heavy (non-hydrogen) atoms. The molecule has 2 aromatic heterocycles. The molecular weight excluding hydrogens is 426 g/mol. The molecular formula is C18H15F4N5O2S. The average Bonchev–Trinajstić information content (AvgIpc) is 3.14. The minimum Gasteiger partial charge on any atom is -0.345 e. The second kappa shape index (κ2) is 7.67. The maximum atomic E-state index is 13.3. The molecule has 1 N–H and O–H groups in total. The number of halogens is 4. The molecule has 1 aromatic carbocycles. The summed E-state index contributed by atoms with van der Waals surface area (Å²) in [6, 6.07) is 5.83. The molecule has 0 spiro atoms. The van der Waals surface area contributed by atoms with Gasteiger partial charge in [0.05, 0.1) is 6.04 Å². The van der Waals surface area contributed by atoms with Crippen molar-refractivity contribution in [2.45, 2.75) is 24.6 Å². The van der Waals surface area contributed by atoms with Gasteiger partial charge < -0.3 is 10.2 Å². The van der Waals surface area contributed by atoms with Crippen LogP contribution in [0.3, 0.4) is 0 Å². The predicted molar refractivity (Wildman–Crippen MR) is 101 cm³/mol. The summed E-state index contributed by atoms with van der Waals surface area (Å²) in [7, 11) is 0. The lowest BCUT2D eigenvalue weighted by Crippen LogP contribution is -2.54. The zero-order valence-corrected chi connectivity index (χ0v) is 16.1. The molecule has 3 aromatic rings. The maximum absolute atomic E-state index is 13.3. The largest absolute Gasteiger partial charge is 0.471 e. The normalized spacial score (nSPS) is 19.8. The number of benzene rings is 1. The zero-order chi connectivity index (χ0) is 21.5. The smallest absolute Gasteiger partial charge is 0.345 e. The van der Waals surface area contributed by atoms with E-state index in [1.807, 2.05) is 0 Å². The third-order valence-electron chi connectivity index (χ3n) is 4.92. The molecule has 0 bridgehead atoms. The van der Waals surface area contributed by atoms with Crippen LogP contribution in [0.25, 0.3) is 4.96 Å². The van der Waals surface area contributed by atoms with Crippen LogP contribution < -0.4 is 15.8 Å². The first-order valence-corrected chi connectivity index (χ1v) is 9.77. The Morgan fingerprint density at radius 1 is 1.20 bits per heavy atom. The van der Waals surface area contributed by atoms with Crippen molar-refractivity contribution < 1.29 is 22.4 Å². The number of rotatable bonds is 3. The van der Waals surface area contributed by atoms with E-state index in [0.717, 1.165) is 15.9 Å². The van der Waals surface area contributed by atoms with E-state index in [2.05, 4.69) is 15.4 Å². The molecule has 4 rings (SSSR count). The van der Waals surface area contributed by atoms with Crippen LogP contribution in [0.2, 0.25) is 0 Å². The number of alkyl halides is 3. The van der Waals surface area contributed by atoms with Gasteiger partial charge in [0, 0.05) is 31.3 Å². The fraction of sp³-hybridized carbons (Fsp3) is 0.333. The first kappa shape index (κ1) is 20.3. The Kier molecular flexibility index (Phi) is 5.18. The van der Waals surface area contributed by atoms with Crippen molar-refractivity contribution in [3.8, 4) is 0 Å². The van der Waals surface area contributed by atoms with Gasteiger partial charge in [-0.1, -0.05) is 23.5 Å². The van der Waals surface area contributed by atoms with Gasteiger partial charge in [-0.05, 0) is 24.1 Å². The molecule has 0 saturated carbocycles. The number of nitrogens with zero attached hydrogens (tertiary/aromatic N) is 4. The Labute approximate surface area is 171 Å². The molecule has 2 atom stereocenters. The van der Waals surface area contributed by atoms with Gasteiger partial charge in [0.15, 0.2) is 0 Å². The molecule has 7 nitrogen and oxygen atoms in total. The lowest BCUT2D eigenvalue weighted by Gasteiger charge is -2.39. The molecule has 1 amide bonds.